The molecule has 0 bridgehead atoms. The summed E-state index contributed by atoms with van der Waals surface area (Å²) in [6.45, 7) is 12.5. The van der Waals surface area contributed by atoms with Crippen LogP contribution in [0.2, 0.25) is 0 Å². The standard InChI is InChI=1S/C27H34N4O4/c1-5-34-25-17-24(30-11-13-33-14-12-30)26(35-6-2)16-23(25)28-27(32)22-9-7-21(8-10-22)18-31-20(4)15-19(3)29-31/h7-10,15-17H,5-6,11-14,18H2,1-4H3,(H,28,32). The van der Waals surface area contributed by atoms with Gasteiger partial charge in [0.25, 0.3) is 5.91 Å². The van der Waals surface area contributed by atoms with Gasteiger partial charge in [0.15, 0.2) is 0 Å². The number of rotatable bonds is 9. The molecule has 1 N–H and O–H groups in total. The zero-order chi connectivity index (χ0) is 24.8. The number of anilines is 2. The van der Waals surface area contributed by atoms with Gasteiger partial charge in [-0.2, -0.15) is 5.10 Å². The molecule has 0 radical (unpaired) electrons. The number of hydrogen-bond donors (Lipinski definition) is 1. The van der Waals surface area contributed by atoms with Crippen molar-refractivity contribution in [1.29, 1.82) is 0 Å². The summed E-state index contributed by atoms with van der Waals surface area (Å²) in [5.74, 6) is 1.13. The third-order valence-corrected chi connectivity index (χ3v) is 5.91. The third-order valence-electron chi connectivity index (χ3n) is 5.91. The van der Waals surface area contributed by atoms with Crippen LogP contribution in [0.15, 0.2) is 42.5 Å². The Labute approximate surface area is 206 Å². The van der Waals surface area contributed by atoms with E-state index in [2.05, 4.69) is 21.4 Å². The fraction of sp³-hybridized carbons (Fsp3) is 0.407. The minimum absolute atomic E-state index is 0.204. The molecule has 3 aromatic rings. The second-order valence-electron chi connectivity index (χ2n) is 8.52. The lowest BCUT2D eigenvalue weighted by atomic mass is 10.1. The van der Waals surface area contributed by atoms with E-state index in [1.807, 2.05) is 68.8 Å². The first-order valence-electron chi connectivity index (χ1n) is 12.2. The topological polar surface area (TPSA) is 77.9 Å². The minimum Gasteiger partial charge on any atom is -0.492 e. The predicted molar refractivity (Wildman–Crippen MR) is 137 cm³/mol. The molecule has 0 atom stereocenters. The summed E-state index contributed by atoms with van der Waals surface area (Å²) in [5, 5.41) is 7.53. The Bertz CT molecular complexity index is 1150. The van der Waals surface area contributed by atoms with Crippen LogP contribution in [0, 0.1) is 13.8 Å². The van der Waals surface area contributed by atoms with E-state index in [-0.39, 0.29) is 5.91 Å². The smallest absolute Gasteiger partial charge is 0.255 e. The highest BCUT2D eigenvalue weighted by atomic mass is 16.5. The molecule has 2 aromatic carbocycles. The Balaban J connectivity index is 1.54. The summed E-state index contributed by atoms with van der Waals surface area (Å²) in [6, 6.07) is 13.5. The monoisotopic (exact) mass is 478 g/mol. The average molecular weight is 479 g/mol. The largest absolute Gasteiger partial charge is 0.492 e. The predicted octanol–water partition coefficient (Wildman–Crippen LogP) is 4.43. The molecule has 2 heterocycles. The highest BCUT2D eigenvalue weighted by molar-refractivity contribution is 6.05. The zero-order valence-corrected chi connectivity index (χ0v) is 21.0. The molecule has 8 nitrogen and oxygen atoms in total. The number of aryl methyl sites for hydroxylation is 2. The quantitative estimate of drug-likeness (QED) is 0.490. The van der Waals surface area contributed by atoms with Gasteiger partial charge in [-0.3, -0.25) is 9.48 Å². The lowest BCUT2D eigenvalue weighted by molar-refractivity contribution is 0.102. The number of aromatic nitrogens is 2. The zero-order valence-electron chi connectivity index (χ0n) is 21.0. The van der Waals surface area contributed by atoms with E-state index in [1.54, 1.807) is 0 Å². The molecule has 4 rings (SSSR count). The average Bonchev–Trinajstić information content (AvgIpc) is 3.18. The van der Waals surface area contributed by atoms with E-state index in [0.29, 0.717) is 55.7 Å². The van der Waals surface area contributed by atoms with Crippen molar-refractivity contribution in [3.05, 3.63) is 65.0 Å². The number of benzene rings is 2. The van der Waals surface area contributed by atoms with Crippen molar-refractivity contribution in [2.75, 3.05) is 49.7 Å². The van der Waals surface area contributed by atoms with Crippen molar-refractivity contribution in [1.82, 2.24) is 9.78 Å². The van der Waals surface area contributed by atoms with E-state index in [0.717, 1.165) is 35.7 Å². The Morgan fingerprint density at radius 3 is 2.31 bits per heavy atom. The maximum atomic E-state index is 13.1. The molecular weight excluding hydrogens is 444 g/mol. The number of amides is 1. The van der Waals surface area contributed by atoms with Crippen LogP contribution in [-0.4, -0.2) is 55.2 Å². The Morgan fingerprint density at radius 2 is 1.69 bits per heavy atom. The summed E-state index contributed by atoms with van der Waals surface area (Å²) in [7, 11) is 0. The summed E-state index contributed by atoms with van der Waals surface area (Å²) >= 11 is 0. The van der Waals surface area contributed by atoms with Gasteiger partial charge >= 0.3 is 0 Å². The van der Waals surface area contributed by atoms with E-state index in [4.69, 9.17) is 14.2 Å². The van der Waals surface area contributed by atoms with Gasteiger partial charge in [-0.25, -0.2) is 0 Å². The normalized spacial score (nSPS) is 13.5. The first-order valence-corrected chi connectivity index (χ1v) is 12.2. The molecule has 1 aliphatic heterocycles. The van der Waals surface area contributed by atoms with Crippen molar-refractivity contribution in [2.45, 2.75) is 34.2 Å². The summed E-state index contributed by atoms with van der Waals surface area (Å²) in [5.41, 5.74) is 5.29. The number of carbonyl (C=O) groups excluding carboxylic acids is 1. The van der Waals surface area contributed by atoms with Crippen LogP contribution >= 0.6 is 0 Å². The van der Waals surface area contributed by atoms with Crippen LogP contribution in [0.1, 0.15) is 41.2 Å². The molecular formula is C27H34N4O4. The number of ether oxygens (including phenoxy) is 3. The molecule has 0 unspecified atom stereocenters. The van der Waals surface area contributed by atoms with Gasteiger partial charge in [-0.05, 0) is 51.5 Å². The van der Waals surface area contributed by atoms with Gasteiger partial charge in [0.1, 0.15) is 11.5 Å². The fourth-order valence-electron chi connectivity index (χ4n) is 4.21. The van der Waals surface area contributed by atoms with Crippen LogP contribution in [0.25, 0.3) is 0 Å². The third kappa shape index (κ3) is 5.95. The number of nitrogens with one attached hydrogen (secondary N) is 1. The van der Waals surface area contributed by atoms with Gasteiger partial charge < -0.3 is 24.4 Å². The molecule has 0 spiro atoms. The highest BCUT2D eigenvalue weighted by Gasteiger charge is 2.21. The van der Waals surface area contributed by atoms with E-state index >= 15 is 0 Å². The lowest BCUT2D eigenvalue weighted by Gasteiger charge is -2.31. The Morgan fingerprint density at radius 1 is 1.00 bits per heavy atom. The van der Waals surface area contributed by atoms with Gasteiger partial charge in [0.2, 0.25) is 0 Å². The molecule has 1 aliphatic rings. The second kappa shape index (κ2) is 11.3. The van der Waals surface area contributed by atoms with Gasteiger partial charge in [-0.15, -0.1) is 0 Å². The van der Waals surface area contributed by atoms with E-state index in [1.165, 1.54) is 0 Å². The second-order valence-corrected chi connectivity index (χ2v) is 8.52. The Hall–Kier alpha value is -3.52. The van der Waals surface area contributed by atoms with Crippen LogP contribution in [0.4, 0.5) is 11.4 Å². The van der Waals surface area contributed by atoms with E-state index in [9.17, 15) is 4.79 Å². The van der Waals surface area contributed by atoms with Crippen LogP contribution in [-0.2, 0) is 11.3 Å². The maximum Gasteiger partial charge on any atom is 0.255 e. The van der Waals surface area contributed by atoms with Crippen LogP contribution < -0.4 is 19.7 Å². The van der Waals surface area contributed by atoms with Crippen LogP contribution in [0.5, 0.6) is 11.5 Å². The molecule has 1 amide bonds. The van der Waals surface area contributed by atoms with Gasteiger partial charge in [0.05, 0.1) is 50.0 Å². The van der Waals surface area contributed by atoms with Crippen molar-refractivity contribution < 1.29 is 19.0 Å². The lowest BCUT2D eigenvalue weighted by Crippen LogP contribution is -2.36. The Kier molecular flexibility index (Phi) is 7.92. The van der Waals surface area contributed by atoms with Crippen LogP contribution in [0.3, 0.4) is 0 Å². The van der Waals surface area contributed by atoms with E-state index < -0.39 is 0 Å². The minimum atomic E-state index is -0.204. The van der Waals surface area contributed by atoms with Crippen molar-refractivity contribution in [3.8, 4) is 11.5 Å². The molecule has 35 heavy (non-hydrogen) atoms. The maximum absolute atomic E-state index is 13.1. The molecule has 1 fully saturated rings. The first kappa shape index (κ1) is 24.6. The van der Waals surface area contributed by atoms with Gasteiger partial charge in [0, 0.05) is 36.5 Å². The van der Waals surface area contributed by atoms with Crippen molar-refractivity contribution in [2.24, 2.45) is 0 Å². The first-order chi connectivity index (χ1) is 17.0. The molecule has 1 saturated heterocycles. The van der Waals surface area contributed by atoms with Crippen molar-refractivity contribution in [3.63, 3.8) is 0 Å². The summed E-state index contributed by atoms with van der Waals surface area (Å²) in [6.07, 6.45) is 0. The number of hydrogen-bond acceptors (Lipinski definition) is 6. The molecule has 186 valence electrons. The SMILES string of the molecule is CCOc1cc(N2CCOCC2)c(OCC)cc1NC(=O)c1ccc(Cn2nc(C)cc2C)cc1. The fourth-order valence-corrected chi connectivity index (χ4v) is 4.21. The summed E-state index contributed by atoms with van der Waals surface area (Å²) < 4.78 is 19.3. The molecule has 8 heteroatoms. The molecule has 1 aromatic heterocycles. The highest BCUT2D eigenvalue weighted by Crippen LogP contribution is 2.39. The molecule has 0 saturated carbocycles. The van der Waals surface area contributed by atoms with Gasteiger partial charge in [-0.1, -0.05) is 12.1 Å². The number of morpholine rings is 1. The van der Waals surface area contributed by atoms with Crippen molar-refractivity contribution >= 4 is 17.3 Å². The number of carbonyl (C=O) groups is 1. The molecule has 0 aliphatic carbocycles. The number of nitrogens with zero attached hydrogens (tertiary/aromatic N) is 3. The summed E-state index contributed by atoms with van der Waals surface area (Å²) in [4.78, 5) is 15.3.